The lowest BCUT2D eigenvalue weighted by Crippen LogP contribution is -2.64. The van der Waals surface area contributed by atoms with Crippen LogP contribution < -0.4 is 10.6 Å². The van der Waals surface area contributed by atoms with Crippen LogP contribution in [0.3, 0.4) is 0 Å². The van der Waals surface area contributed by atoms with Crippen molar-refractivity contribution in [1.82, 2.24) is 25.3 Å². The largest absolute Gasteiger partial charge is 0.340 e. The molecule has 0 aromatic heterocycles. The second-order valence-electron chi connectivity index (χ2n) is 6.68. The van der Waals surface area contributed by atoms with Crippen molar-refractivity contribution < 1.29 is 9.59 Å². The summed E-state index contributed by atoms with van der Waals surface area (Å²) in [7, 11) is 1.67. The van der Waals surface area contributed by atoms with Crippen molar-refractivity contribution in [2.45, 2.75) is 18.8 Å². The third-order valence-corrected chi connectivity index (χ3v) is 5.26. The van der Waals surface area contributed by atoms with Crippen molar-refractivity contribution in [3.8, 4) is 0 Å². The van der Waals surface area contributed by atoms with Crippen LogP contribution in [-0.2, 0) is 11.3 Å². The van der Waals surface area contributed by atoms with Crippen LogP contribution in [0.25, 0.3) is 0 Å². The number of nitrogens with zero attached hydrogens (tertiary/aromatic N) is 4. The molecule has 0 saturated carbocycles. The fourth-order valence-electron chi connectivity index (χ4n) is 3.60. The van der Waals surface area contributed by atoms with Gasteiger partial charge in [-0.2, -0.15) is 0 Å². The Morgan fingerprint density at radius 3 is 2.58 bits per heavy atom. The fraction of sp³-hybridized carbons (Fsp3) is 0.471. The number of hydrogen-bond donors (Lipinski definition) is 2. The molecule has 3 amide bonds. The summed E-state index contributed by atoms with van der Waals surface area (Å²) in [5, 5.41) is 6.42. The highest BCUT2D eigenvalue weighted by Crippen LogP contribution is 2.27. The Hall–Kier alpha value is -2.32. The highest BCUT2D eigenvalue weighted by molar-refractivity contribution is 6.30. The molecule has 1 aromatic carbocycles. The van der Waals surface area contributed by atoms with Crippen molar-refractivity contribution >= 4 is 29.5 Å². The molecule has 2 unspecified atom stereocenters. The third-order valence-electron chi connectivity index (χ3n) is 5.00. The average Bonchev–Trinajstić information content (AvgIpc) is 3.02. The summed E-state index contributed by atoms with van der Waals surface area (Å²) in [6.45, 7) is 3.88. The quantitative estimate of drug-likeness (QED) is 0.775. The maximum Gasteiger partial charge on any atom is 0.325 e. The summed E-state index contributed by atoms with van der Waals surface area (Å²) in [5.74, 6) is 0.467. The van der Waals surface area contributed by atoms with Gasteiger partial charge in [-0.05, 0) is 17.7 Å². The van der Waals surface area contributed by atoms with Gasteiger partial charge in [-0.1, -0.05) is 23.7 Å². The van der Waals surface area contributed by atoms with Crippen molar-refractivity contribution in [3.05, 3.63) is 34.9 Å². The first kappa shape index (κ1) is 17.1. The molecule has 26 heavy (non-hydrogen) atoms. The van der Waals surface area contributed by atoms with E-state index in [1.165, 1.54) is 4.90 Å². The van der Waals surface area contributed by atoms with E-state index in [0.29, 0.717) is 11.6 Å². The van der Waals surface area contributed by atoms with Gasteiger partial charge < -0.3 is 20.0 Å². The molecule has 3 aliphatic heterocycles. The van der Waals surface area contributed by atoms with E-state index in [4.69, 9.17) is 16.6 Å². The summed E-state index contributed by atoms with van der Waals surface area (Å²) >= 11 is 5.99. The van der Waals surface area contributed by atoms with E-state index < -0.39 is 18.2 Å². The Morgan fingerprint density at radius 1 is 1.19 bits per heavy atom. The summed E-state index contributed by atoms with van der Waals surface area (Å²) < 4.78 is 0. The highest BCUT2D eigenvalue weighted by Gasteiger charge is 2.49. The number of nitrogens with one attached hydrogen (secondary N) is 2. The Kier molecular flexibility index (Phi) is 4.46. The molecule has 138 valence electrons. The lowest BCUT2D eigenvalue weighted by molar-refractivity contribution is -0.127. The number of halogens is 1. The molecule has 2 saturated heterocycles. The molecule has 4 rings (SSSR count). The van der Waals surface area contributed by atoms with E-state index in [1.54, 1.807) is 7.05 Å². The number of fused-ring (bicyclic) bond motifs is 1. The predicted molar refractivity (Wildman–Crippen MR) is 97.8 cm³/mol. The van der Waals surface area contributed by atoms with Crippen LogP contribution in [0.1, 0.15) is 5.56 Å². The zero-order valence-corrected chi connectivity index (χ0v) is 15.2. The Labute approximate surface area is 156 Å². The fourth-order valence-corrected chi connectivity index (χ4v) is 3.72. The number of aliphatic imine (C=N–C) groups is 1. The van der Waals surface area contributed by atoms with Gasteiger partial charge in [0.2, 0.25) is 0 Å². The van der Waals surface area contributed by atoms with Crippen LogP contribution >= 0.6 is 11.6 Å². The molecule has 3 aliphatic rings. The lowest BCUT2D eigenvalue weighted by Gasteiger charge is -2.38. The number of imide groups is 1. The predicted octanol–water partition coefficient (Wildman–Crippen LogP) is 0.293. The van der Waals surface area contributed by atoms with Gasteiger partial charge >= 0.3 is 6.03 Å². The topological polar surface area (TPSA) is 80.3 Å². The second kappa shape index (κ2) is 6.77. The van der Waals surface area contributed by atoms with Crippen molar-refractivity contribution in [2.75, 3.05) is 33.2 Å². The molecule has 2 atom stereocenters. The molecule has 0 spiro atoms. The molecule has 2 N–H and O–H groups in total. The molecule has 9 heteroatoms. The van der Waals surface area contributed by atoms with Crippen molar-refractivity contribution in [2.24, 2.45) is 4.99 Å². The zero-order chi connectivity index (χ0) is 18.3. The first-order chi connectivity index (χ1) is 12.5. The monoisotopic (exact) mass is 376 g/mol. The maximum atomic E-state index is 12.6. The Balaban J connectivity index is 1.67. The normalized spacial score (nSPS) is 25.9. The number of rotatable bonds is 2. The zero-order valence-electron chi connectivity index (χ0n) is 14.5. The third kappa shape index (κ3) is 2.99. The van der Waals surface area contributed by atoms with Gasteiger partial charge in [-0.15, -0.1) is 0 Å². The summed E-state index contributed by atoms with van der Waals surface area (Å²) in [4.78, 5) is 35.0. The van der Waals surface area contributed by atoms with Crippen LogP contribution in [0, 0.1) is 0 Å². The van der Waals surface area contributed by atoms with E-state index in [1.807, 2.05) is 29.2 Å². The van der Waals surface area contributed by atoms with Gasteiger partial charge in [0, 0.05) is 44.8 Å². The molecular weight excluding hydrogens is 356 g/mol. The first-order valence-corrected chi connectivity index (χ1v) is 9.04. The number of likely N-dealkylation sites (N-methyl/N-ethyl adjacent to an activating group) is 1. The minimum atomic E-state index is -0.529. The van der Waals surface area contributed by atoms with E-state index in [0.717, 1.165) is 37.7 Å². The average molecular weight is 377 g/mol. The highest BCUT2D eigenvalue weighted by atomic mass is 35.5. The minimum absolute atomic E-state index is 0.305. The number of hydrogen-bond acceptors (Lipinski definition) is 6. The number of carbonyl (C=O) groups is 2. The standard InChI is InChI=1S/C17H21ClN6O2/c1-22-14-13(15(25)21-17(22)26)24(10-11-2-4-12(18)5-3-11)16(20-14)23-8-6-19-7-9-23/h2-5,13-14,19H,6-10H2,1H3,(H,21,25,26). The van der Waals surface area contributed by atoms with Crippen LogP contribution in [0.5, 0.6) is 0 Å². The molecule has 0 bridgehead atoms. The summed E-state index contributed by atoms with van der Waals surface area (Å²) in [6.07, 6.45) is -0.506. The smallest absolute Gasteiger partial charge is 0.325 e. The summed E-state index contributed by atoms with van der Waals surface area (Å²) in [6, 6.07) is 6.62. The lowest BCUT2D eigenvalue weighted by atomic mass is 10.1. The van der Waals surface area contributed by atoms with Gasteiger partial charge in [-0.25, -0.2) is 9.79 Å². The number of urea groups is 1. The van der Waals surface area contributed by atoms with Gasteiger partial charge in [-0.3, -0.25) is 10.1 Å². The number of amides is 3. The number of benzene rings is 1. The van der Waals surface area contributed by atoms with Gasteiger partial charge in [0.15, 0.2) is 18.2 Å². The van der Waals surface area contributed by atoms with E-state index in [9.17, 15) is 9.59 Å². The second-order valence-corrected chi connectivity index (χ2v) is 7.12. The summed E-state index contributed by atoms with van der Waals surface area (Å²) in [5.41, 5.74) is 1.03. The van der Waals surface area contributed by atoms with Gasteiger partial charge in [0.1, 0.15) is 0 Å². The van der Waals surface area contributed by atoms with Gasteiger partial charge in [0.25, 0.3) is 5.91 Å². The molecule has 2 fully saturated rings. The molecule has 0 radical (unpaired) electrons. The van der Waals surface area contributed by atoms with Crippen molar-refractivity contribution in [3.63, 3.8) is 0 Å². The molecule has 0 aliphatic carbocycles. The number of carbonyl (C=O) groups excluding carboxylic acids is 2. The van der Waals surface area contributed by atoms with Crippen LogP contribution in [0.15, 0.2) is 29.3 Å². The van der Waals surface area contributed by atoms with Crippen LogP contribution in [0.4, 0.5) is 4.79 Å². The number of piperazine rings is 1. The van der Waals surface area contributed by atoms with Crippen LogP contribution in [-0.4, -0.2) is 78.0 Å². The van der Waals surface area contributed by atoms with Crippen molar-refractivity contribution in [1.29, 1.82) is 0 Å². The molecule has 1 aromatic rings. The molecular formula is C17H21ClN6O2. The Bertz CT molecular complexity index is 746. The maximum absolute atomic E-state index is 12.6. The molecule has 3 heterocycles. The van der Waals surface area contributed by atoms with Gasteiger partial charge in [0.05, 0.1) is 0 Å². The Morgan fingerprint density at radius 2 is 1.88 bits per heavy atom. The van der Waals surface area contributed by atoms with E-state index >= 15 is 0 Å². The van der Waals surface area contributed by atoms with E-state index in [2.05, 4.69) is 15.5 Å². The molecule has 8 nitrogen and oxygen atoms in total. The first-order valence-electron chi connectivity index (χ1n) is 8.67. The van der Waals surface area contributed by atoms with E-state index in [-0.39, 0.29) is 5.91 Å². The minimum Gasteiger partial charge on any atom is -0.340 e. The number of guanidine groups is 1. The van der Waals surface area contributed by atoms with Crippen LogP contribution in [0.2, 0.25) is 5.02 Å². The SMILES string of the molecule is CN1C(=O)NC(=O)C2C1N=C(N1CCNCC1)N2Cc1ccc(Cl)cc1.